The molecule has 0 atom stereocenters. The highest BCUT2D eigenvalue weighted by Crippen LogP contribution is 2.15. The van der Waals surface area contributed by atoms with Gasteiger partial charge in [-0.15, -0.1) is 0 Å². The second-order valence-corrected chi connectivity index (χ2v) is 5.13. The first-order chi connectivity index (χ1) is 11.2. The Morgan fingerprint density at radius 2 is 1.91 bits per heavy atom. The zero-order valence-corrected chi connectivity index (χ0v) is 13.1. The van der Waals surface area contributed by atoms with Crippen LogP contribution in [0.25, 0.3) is 5.82 Å². The minimum absolute atomic E-state index is 0.155. The van der Waals surface area contributed by atoms with Crippen molar-refractivity contribution in [3.8, 4) is 11.6 Å². The van der Waals surface area contributed by atoms with E-state index in [9.17, 15) is 4.79 Å². The number of nitrogens with one attached hydrogen (secondary N) is 1. The van der Waals surface area contributed by atoms with E-state index in [-0.39, 0.29) is 5.91 Å². The Morgan fingerprint density at radius 1 is 1.22 bits per heavy atom. The number of aromatic nitrogens is 3. The van der Waals surface area contributed by atoms with Gasteiger partial charge in [0.1, 0.15) is 17.1 Å². The third-order valence-electron chi connectivity index (χ3n) is 3.61. The molecule has 1 aromatic carbocycles. The number of amides is 1. The fourth-order valence-corrected chi connectivity index (χ4v) is 2.39. The molecule has 0 bridgehead atoms. The highest BCUT2D eigenvalue weighted by molar-refractivity contribution is 5.97. The second-order valence-electron chi connectivity index (χ2n) is 5.13. The van der Waals surface area contributed by atoms with Gasteiger partial charge in [0.15, 0.2) is 0 Å². The third kappa shape index (κ3) is 3.11. The molecule has 0 fully saturated rings. The molecule has 6 heteroatoms. The van der Waals surface area contributed by atoms with Crippen LogP contribution >= 0.6 is 0 Å². The van der Waals surface area contributed by atoms with E-state index in [1.165, 1.54) is 0 Å². The Bertz CT molecular complexity index is 789. The summed E-state index contributed by atoms with van der Waals surface area (Å²) in [7, 11) is 3.44. The van der Waals surface area contributed by atoms with Gasteiger partial charge in [-0.2, -0.15) is 5.10 Å². The topological polar surface area (TPSA) is 61.1 Å². The molecule has 0 aliphatic rings. The molecule has 1 N–H and O–H groups in total. The van der Waals surface area contributed by atoms with Crippen LogP contribution in [0, 0.1) is 0 Å². The van der Waals surface area contributed by atoms with Crippen molar-refractivity contribution in [3.63, 3.8) is 0 Å². The SMILES string of the molecule is COc1ccc(CNC(=O)c2cnn(C)c2-n2cccc2)cc1. The van der Waals surface area contributed by atoms with Gasteiger partial charge in [-0.3, -0.25) is 9.48 Å². The summed E-state index contributed by atoms with van der Waals surface area (Å²) in [6.07, 6.45) is 5.35. The van der Waals surface area contributed by atoms with E-state index in [0.717, 1.165) is 17.1 Å². The summed E-state index contributed by atoms with van der Waals surface area (Å²) in [5.74, 6) is 1.38. The summed E-state index contributed by atoms with van der Waals surface area (Å²) in [5, 5.41) is 7.11. The van der Waals surface area contributed by atoms with Gasteiger partial charge in [-0.25, -0.2) is 0 Å². The summed E-state index contributed by atoms with van der Waals surface area (Å²) in [4.78, 5) is 12.5. The van der Waals surface area contributed by atoms with Crippen molar-refractivity contribution in [3.05, 3.63) is 66.1 Å². The van der Waals surface area contributed by atoms with Crippen LogP contribution in [-0.4, -0.2) is 27.4 Å². The summed E-state index contributed by atoms with van der Waals surface area (Å²) in [6, 6.07) is 11.4. The van der Waals surface area contributed by atoms with Crippen LogP contribution in [0.15, 0.2) is 55.0 Å². The predicted molar refractivity (Wildman–Crippen MR) is 86.7 cm³/mol. The van der Waals surface area contributed by atoms with Gasteiger partial charge in [0, 0.05) is 26.0 Å². The molecule has 0 saturated heterocycles. The molecule has 3 aromatic rings. The fraction of sp³-hybridized carbons (Fsp3) is 0.176. The smallest absolute Gasteiger partial charge is 0.256 e. The average Bonchev–Trinajstić information content (AvgIpc) is 3.22. The lowest BCUT2D eigenvalue weighted by Crippen LogP contribution is -2.24. The number of benzene rings is 1. The number of carbonyl (C=O) groups excluding carboxylic acids is 1. The number of carbonyl (C=O) groups is 1. The first-order valence-corrected chi connectivity index (χ1v) is 7.25. The van der Waals surface area contributed by atoms with E-state index < -0.39 is 0 Å². The Hall–Kier alpha value is -3.02. The summed E-state index contributed by atoms with van der Waals surface area (Å²) < 4.78 is 8.68. The van der Waals surface area contributed by atoms with E-state index in [1.807, 2.05) is 60.4 Å². The molecule has 2 aromatic heterocycles. The van der Waals surface area contributed by atoms with Crippen LogP contribution in [-0.2, 0) is 13.6 Å². The van der Waals surface area contributed by atoms with E-state index >= 15 is 0 Å². The molecule has 1 amide bonds. The lowest BCUT2D eigenvalue weighted by Gasteiger charge is -2.09. The Balaban J connectivity index is 1.74. The number of hydrogen-bond acceptors (Lipinski definition) is 3. The number of aryl methyl sites for hydroxylation is 1. The van der Waals surface area contributed by atoms with Crippen LogP contribution in [0.1, 0.15) is 15.9 Å². The van der Waals surface area contributed by atoms with Gasteiger partial charge < -0.3 is 14.6 Å². The van der Waals surface area contributed by atoms with Crippen molar-refractivity contribution >= 4 is 5.91 Å². The first-order valence-electron chi connectivity index (χ1n) is 7.25. The Labute approximate surface area is 134 Å². The molecule has 0 aliphatic carbocycles. The van der Waals surface area contributed by atoms with Gasteiger partial charge in [0.25, 0.3) is 5.91 Å². The Morgan fingerprint density at radius 3 is 2.57 bits per heavy atom. The van der Waals surface area contributed by atoms with Gasteiger partial charge in [-0.05, 0) is 29.8 Å². The minimum atomic E-state index is -0.155. The van der Waals surface area contributed by atoms with Crippen molar-refractivity contribution in [2.75, 3.05) is 7.11 Å². The van der Waals surface area contributed by atoms with Crippen molar-refractivity contribution < 1.29 is 9.53 Å². The van der Waals surface area contributed by atoms with Crippen molar-refractivity contribution in [1.82, 2.24) is 19.7 Å². The minimum Gasteiger partial charge on any atom is -0.497 e. The van der Waals surface area contributed by atoms with Gasteiger partial charge in [0.2, 0.25) is 0 Å². The third-order valence-corrected chi connectivity index (χ3v) is 3.61. The van der Waals surface area contributed by atoms with Crippen LogP contribution in [0.3, 0.4) is 0 Å². The van der Waals surface area contributed by atoms with Gasteiger partial charge >= 0.3 is 0 Å². The highest BCUT2D eigenvalue weighted by atomic mass is 16.5. The molecule has 0 spiro atoms. The summed E-state index contributed by atoms with van der Waals surface area (Å²) >= 11 is 0. The van der Waals surface area contributed by atoms with Crippen LogP contribution in [0.2, 0.25) is 0 Å². The van der Waals surface area contributed by atoms with Gasteiger partial charge in [0.05, 0.1) is 13.3 Å². The fourth-order valence-electron chi connectivity index (χ4n) is 2.39. The molecule has 0 radical (unpaired) electrons. The molecule has 0 unspecified atom stereocenters. The van der Waals surface area contributed by atoms with Crippen molar-refractivity contribution in [1.29, 1.82) is 0 Å². The molecule has 0 saturated carbocycles. The maximum Gasteiger partial charge on any atom is 0.256 e. The van der Waals surface area contributed by atoms with E-state index in [2.05, 4.69) is 10.4 Å². The number of methoxy groups -OCH3 is 1. The van der Waals surface area contributed by atoms with Crippen LogP contribution < -0.4 is 10.1 Å². The zero-order valence-electron chi connectivity index (χ0n) is 13.1. The van der Waals surface area contributed by atoms with Crippen LogP contribution in [0.4, 0.5) is 0 Å². The van der Waals surface area contributed by atoms with Crippen LogP contribution in [0.5, 0.6) is 5.75 Å². The molecule has 0 aliphatic heterocycles. The number of hydrogen-bond donors (Lipinski definition) is 1. The van der Waals surface area contributed by atoms with Gasteiger partial charge in [-0.1, -0.05) is 12.1 Å². The molecule has 23 heavy (non-hydrogen) atoms. The standard InChI is InChI=1S/C17H18N4O2/c1-20-17(21-9-3-4-10-21)15(12-19-20)16(22)18-11-13-5-7-14(23-2)8-6-13/h3-10,12H,11H2,1-2H3,(H,18,22). The predicted octanol–water partition coefficient (Wildman–Crippen LogP) is 2.15. The first kappa shape index (κ1) is 14.9. The quantitative estimate of drug-likeness (QED) is 0.785. The second kappa shape index (κ2) is 6.39. The monoisotopic (exact) mass is 310 g/mol. The van der Waals surface area contributed by atoms with E-state index in [1.54, 1.807) is 18.0 Å². The zero-order chi connectivity index (χ0) is 16.2. The maximum absolute atomic E-state index is 12.5. The van der Waals surface area contributed by atoms with Crippen molar-refractivity contribution in [2.24, 2.45) is 7.05 Å². The average molecular weight is 310 g/mol. The summed E-state index contributed by atoms with van der Waals surface area (Å²) in [6.45, 7) is 0.447. The number of ether oxygens (including phenoxy) is 1. The molecule has 3 rings (SSSR count). The normalized spacial score (nSPS) is 10.5. The molecule has 6 nitrogen and oxygen atoms in total. The number of rotatable bonds is 5. The highest BCUT2D eigenvalue weighted by Gasteiger charge is 2.16. The molecular formula is C17H18N4O2. The Kier molecular flexibility index (Phi) is 4.14. The maximum atomic E-state index is 12.5. The summed E-state index contributed by atoms with van der Waals surface area (Å²) in [5.41, 5.74) is 1.54. The largest absolute Gasteiger partial charge is 0.497 e. The molecular weight excluding hydrogens is 292 g/mol. The van der Waals surface area contributed by atoms with E-state index in [4.69, 9.17) is 4.74 Å². The number of nitrogens with zero attached hydrogens (tertiary/aromatic N) is 3. The molecule has 118 valence electrons. The molecule has 2 heterocycles. The van der Waals surface area contributed by atoms with Crippen molar-refractivity contribution in [2.45, 2.75) is 6.54 Å². The van der Waals surface area contributed by atoms with E-state index in [0.29, 0.717) is 12.1 Å². The lowest BCUT2D eigenvalue weighted by molar-refractivity contribution is 0.0951. The lowest BCUT2D eigenvalue weighted by atomic mass is 10.2.